The van der Waals surface area contributed by atoms with Gasteiger partial charge in [0.1, 0.15) is 5.78 Å². The molecule has 0 aliphatic heterocycles. The molecule has 1 nitrogen and oxygen atoms in total. The van der Waals surface area contributed by atoms with Crippen LogP contribution >= 0.6 is 0 Å². The summed E-state index contributed by atoms with van der Waals surface area (Å²) in [6.45, 7) is 15.4. The molecule has 0 amide bonds. The summed E-state index contributed by atoms with van der Waals surface area (Å²) in [5, 5.41) is 0. The highest BCUT2D eigenvalue weighted by atomic mass is 16.1. The van der Waals surface area contributed by atoms with Crippen LogP contribution in [0.3, 0.4) is 0 Å². The fourth-order valence-corrected chi connectivity index (χ4v) is 4.25. The lowest BCUT2D eigenvalue weighted by Crippen LogP contribution is -2.30. The monoisotopic (exact) mass is 260 g/mol. The summed E-state index contributed by atoms with van der Waals surface area (Å²) in [6.07, 6.45) is 4.68. The first-order valence-corrected chi connectivity index (χ1v) is 7.62. The van der Waals surface area contributed by atoms with Crippen LogP contribution in [0.2, 0.25) is 0 Å². The third-order valence-electron chi connectivity index (χ3n) is 5.37. The molecule has 1 saturated carbocycles. The van der Waals surface area contributed by atoms with Crippen LogP contribution in [-0.2, 0) is 4.79 Å². The predicted molar refractivity (Wildman–Crippen MR) is 80.8 cm³/mol. The molecular formula is C18H28O. The van der Waals surface area contributed by atoms with E-state index in [4.69, 9.17) is 0 Å². The van der Waals surface area contributed by atoms with Gasteiger partial charge in [-0.2, -0.15) is 0 Å². The van der Waals surface area contributed by atoms with E-state index in [1.54, 1.807) is 6.92 Å². The van der Waals surface area contributed by atoms with Gasteiger partial charge in [-0.3, -0.25) is 4.79 Å². The van der Waals surface area contributed by atoms with Crippen molar-refractivity contribution in [2.75, 3.05) is 0 Å². The zero-order valence-corrected chi connectivity index (χ0v) is 13.4. The number of Topliss-reactive ketones (excluding diaryl/α,β-unsaturated/α-hetero) is 1. The van der Waals surface area contributed by atoms with Crippen molar-refractivity contribution in [1.29, 1.82) is 0 Å². The summed E-state index contributed by atoms with van der Waals surface area (Å²) in [5.41, 5.74) is 2.94. The zero-order valence-electron chi connectivity index (χ0n) is 13.4. The van der Waals surface area contributed by atoms with Crippen LogP contribution in [0.4, 0.5) is 0 Å². The van der Waals surface area contributed by atoms with Crippen LogP contribution in [-0.4, -0.2) is 5.78 Å². The molecule has 0 radical (unpaired) electrons. The first kappa shape index (κ1) is 14.6. The molecule has 0 aromatic carbocycles. The Balaban J connectivity index is 2.52. The molecule has 1 fully saturated rings. The van der Waals surface area contributed by atoms with Crippen molar-refractivity contribution in [2.24, 2.45) is 35.0 Å². The number of fused-ring (bicyclic) bond motifs is 1. The molecule has 106 valence electrons. The van der Waals surface area contributed by atoms with Crippen LogP contribution in [0.5, 0.6) is 0 Å². The molecule has 4 atom stereocenters. The predicted octanol–water partition coefficient (Wildman–Crippen LogP) is 4.64. The first-order chi connectivity index (χ1) is 8.66. The van der Waals surface area contributed by atoms with Crippen molar-refractivity contribution < 1.29 is 4.79 Å². The van der Waals surface area contributed by atoms with E-state index in [1.807, 2.05) is 0 Å². The molecule has 0 N–H and O–H groups in total. The van der Waals surface area contributed by atoms with E-state index >= 15 is 0 Å². The van der Waals surface area contributed by atoms with E-state index in [9.17, 15) is 4.79 Å². The van der Waals surface area contributed by atoms with Crippen LogP contribution < -0.4 is 0 Å². The number of rotatable bonds is 2. The van der Waals surface area contributed by atoms with Crippen LogP contribution in [0.15, 0.2) is 23.3 Å². The number of carbonyl (C=O) groups excluding carboxylic acids is 1. The Morgan fingerprint density at radius 3 is 2.26 bits per heavy atom. The van der Waals surface area contributed by atoms with Crippen molar-refractivity contribution in [2.45, 2.75) is 48.5 Å². The second-order valence-corrected chi connectivity index (χ2v) is 7.55. The Kier molecular flexibility index (Phi) is 3.53. The molecular weight excluding hydrogens is 232 g/mol. The van der Waals surface area contributed by atoms with Gasteiger partial charge in [0.25, 0.3) is 0 Å². The summed E-state index contributed by atoms with van der Waals surface area (Å²) in [7, 11) is 0. The van der Waals surface area contributed by atoms with Crippen molar-refractivity contribution in [3.8, 4) is 0 Å². The Morgan fingerprint density at radius 2 is 1.79 bits per heavy atom. The Morgan fingerprint density at radius 1 is 1.21 bits per heavy atom. The maximum absolute atomic E-state index is 12.0. The van der Waals surface area contributed by atoms with E-state index in [0.717, 1.165) is 0 Å². The molecule has 19 heavy (non-hydrogen) atoms. The van der Waals surface area contributed by atoms with Gasteiger partial charge in [0.15, 0.2) is 0 Å². The summed E-state index contributed by atoms with van der Waals surface area (Å²) in [6, 6.07) is 0. The molecule has 2 aliphatic rings. The van der Waals surface area contributed by atoms with Gasteiger partial charge in [-0.1, -0.05) is 53.7 Å². The summed E-state index contributed by atoms with van der Waals surface area (Å²) in [5.74, 6) is 2.89. The van der Waals surface area contributed by atoms with Crippen LogP contribution in [0, 0.1) is 35.0 Å². The highest BCUT2D eigenvalue weighted by Crippen LogP contribution is 2.53. The zero-order chi connectivity index (χ0) is 14.5. The van der Waals surface area contributed by atoms with Gasteiger partial charge in [0, 0.05) is 5.92 Å². The number of allylic oxidation sites excluding steroid dienone is 4. The van der Waals surface area contributed by atoms with Gasteiger partial charge in [-0.25, -0.2) is 0 Å². The Labute approximate surface area is 118 Å². The van der Waals surface area contributed by atoms with Gasteiger partial charge in [0.2, 0.25) is 0 Å². The molecule has 0 spiro atoms. The number of ketones is 1. The number of hydrogen-bond acceptors (Lipinski definition) is 1. The SMILES string of the molecule is CC(=O)C1C=C2C(=CC1(C)C)C(C)C(C)C2C(C)C. The third kappa shape index (κ3) is 2.22. The standard InChI is InChI=1S/C18H28O/c1-10(2)17-12(4)11(3)15-9-18(6,7)16(13(5)19)8-14(15)17/h8-12,16-17H,1-7H3. The summed E-state index contributed by atoms with van der Waals surface area (Å²) in [4.78, 5) is 12.0. The molecule has 0 aromatic rings. The highest BCUT2D eigenvalue weighted by molar-refractivity contribution is 5.82. The summed E-state index contributed by atoms with van der Waals surface area (Å²) < 4.78 is 0. The maximum Gasteiger partial charge on any atom is 0.137 e. The fraction of sp³-hybridized carbons (Fsp3) is 0.722. The van der Waals surface area contributed by atoms with E-state index in [-0.39, 0.29) is 11.3 Å². The maximum atomic E-state index is 12.0. The normalized spacial score (nSPS) is 36.8. The quantitative estimate of drug-likeness (QED) is 0.706. The lowest BCUT2D eigenvalue weighted by atomic mass is 9.69. The van der Waals surface area contributed by atoms with Gasteiger partial charge in [-0.15, -0.1) is 0 Å². The van der Waals surface area contributed by atoms with Gasteiger partial charge in [-0.05, 0) is 47.2 Å². The Bertz CT molecular complexity index is 450. The second-order valence-electron chi connectivity index (χ2n) is 7.55. The third-order valence-corrected chi connectivity index (χ3v) is 5.37. The second kappa shape index (κ2) is 4.61. The van der Waals surface area contributed by atoms with Gasteiger partial charge < -0.3 is 0 Å². The van der Waals surface area contributed by atoms with E-state index in [2.05, 4.69) is 53.7 Å². The molecule has 0 heterocycles. The largest absolute Gasteiger partial charge is 0.299 e. The van der Waals surface area contributed by atoms with Crippen molar-refractivity contribution in [3.63, 3.8) is 0 Å². The number of carbonyl (C=O) groups is 1. The molecule has 1 heteroatoms. The van der Waals surface area contributed by atoms with E-state index < -0.39 is 0 Å². The van der Waals surface area contributed by atoms with Crippen LogP contribution in [0.25, 0.3) is 0 Å². The molecule has 2 rings (SSSR count). The lowest BCUT2D eigenvalue weighted by molar-refractivity contribution is -0.121. The van der Waals surface area contributed by atoms with Crippen LogP contribution in [0.1, 0.15) is 48.5 Å². The van der Waals surface area contributed by atoms with E-state index in [1.165, 1.54) is 11.1 Å². The number of hydrogen-bond donors (Lipinski definition) is 0. The lowest BCUT2D eigenvalue weighted by Gasteiger charge is -2.34. The average Bonchev–Trinajstić information content (AvgIpc) is 2.49. The molecule has 0 aromatic heterocycles. The molecule has 4 unspecified atom stereocenters. The minimum absolute atomic E-state index is 0.0372. The fourth-order valence-electron chi connectivity index (χ4n) is 4.25. The molecule has 2 aliphatic carbocycles. The average molecular weight is 260 g/mol. The van der Waals surface area contributed by atoms with Crippen molar-refractivity contribution >= 4 is 5.78 Å². The first-order valence-electron chi connectivity index (χ1n) is 7.62. The highest BCUT2D eigenvalue weighted by Gasteiger charge is 2.45. The molecule has 0 saturated heterocycles. The summed E-state index contributed by atoms with van der Waals surface area (Å²) >= 11 is 0. The minimum atomic E-state index is -0.0372. The van der Waals surface area contributed by atoms with Gasteiger partial charge >= 0.3 is 0 Å². The van der Waals surface area contributed by atoms with Gasteiger partial charge in [0.05, 0.1) is 0 Å². The van der Waals surface area contributed by atoms with Crippen molar-refractivity contribution in [1.82, 2.24) is 0 Å². The van der Waals surface area contributed by atoms with Crippen molar-refractivity contribution in [3.05, 3.63) is 23.3 Å². The minimum Gasteiger partial charge on any atom is -0.299 e. The molecule has 0 bridgehead atoms. The topological polar surface area (TPSA) is 17.1 Å². The smallest absolute Gasteiger partial charge is 0.137 e. The Hall–Kier alpha value is -0.850. The van der Waals surface area contributed by atoms with E-state index in [0.29, 0.717) is 29.5 Å².